The zero-order chi connectivity index (χ0) is 10.4. The van der Waals surface area contributed by atoms with Crippen LogP contribution in [0.3, 0.4) is 0 Å². The number of hydrogen-bond donors (Lipinski definition) is 3. The van der Waals surface area contributed by atoms with Gasteiger partial charge in [0.25, 0.3) is 0 Å². The zero-order valence-corrected chi connectivity index (χ0v) is 8.53. The number of nitrogen functional groups attached to an aromatic ring is 1. The van der Waals surface area contributed by atoms with E-state index >= 15 is 0 Å². The van der Waals surface area contributed by atoms with Crippen LogP contribution in [-0.4, -0.2) is 24.3 Å². The van der Waals surface area contributed by atoms with E-state index in [1.54, 1.807) is 0 Å². The second kappa shape index (κ2) is 5.62. The highest BCUT2D eigenvalue weighted by molar-refractivity contribution is 5.39. The van der Waals surface area contributed by atoms with Gasteiger partial charge in [0.05, 0.1) is 6.10 Å². The monoisotopic (exact) mass is 194 g/mol. The van der Waals surface area contributed by atoms with E-state index in [0.29, 0.717) is 0 Å². The molecule has 1 heterocycles. The van der Waals surface area contributed by atoms with E-state index in [9.17, 15) is 0 Å². The number of nitrogens with two attached hydrogens (primary N) is 1. The van der Waals surface area contributed by atoms with Gasteiger partial charge in [0.2, 0.25) is 0 Å². The molecule has 1 aromatic carbocycles. The van der Waals surface area contributed by atoms with Crippen molar-refractivity contribution in [1.82, 2.24) is 5.32 Å². The maximum absolute atomic E-state index is 8.67. The van der Waals surface area contributed by atoms with Crippen LogP contribution < -0.4 is 11.1 Å². The number of rotatable bonds is 0. The Kier molecular flexibility index (Phi) is 4.43. The Bertz CT molecular complexity index is 252. The van der Waals surface area contributed by atoms with Gasteiger partial charge in [-0.15, -0.1) is 0 Å². The Balaban J connectivity index is 0.000000146. The summed E-state index contributed by atoms with van der Waals surface area (Å²) in [7, 11) is 0. The van der Waals surface area contributed by atoms with Crippen molar-refractivity contribution in [2.45, 2.75) is 19.4 Å². The molecule has 0 aromatic heterocycles. The van der Waals surface area contributed by atoms with Gasteiger partial charge in [0.1, 0.15) is 0 Å². The average molecular weight is 194 g/mol. The van der Waals surface area contributed by atoms with Crippen LogP contribution in [0.1, 0.15) is 12.0 Å². The van der Waals surface area contributed by atoms with Crippen molar-refractivity contribution < 1.29 is 5.11 Å². The fourth-order valence-electron chi connectivity index (χ4n) is 1.31. The van der Waals surface area contributed by atoms with E-state index in [0.717, 1.165) is 25.2 Å². The molecule has 78 valence electrons. The summed E-state index contributed by atoms with van der Waals surface area (Å²) in [6, 6.07) is 7.80. The number of aryl methyl sites for hydroxylation is 1. The van der Waals surface area contributed by atoms with E-state index < -0.39 is 0 Å². The molecule has 1 fully saturated rings. The molecule has 1 unspecified atom stereocenters. The maximum atomic E-state index is 8.67. The van der Waals surface area contributed by atoms with E-state index in [1.807, 2.05) is 31.2 Å². The van der Waals surface area contributed by atoms with E-state index in [4.69, 9.17) is 10.8 Å². The van der Waals surface area contributed by atoms with Crippen LogP contribution in [0.4, 0.5) is 5.69 Å². The lowest BCUT2D eigenvalue weighted by atomic mass is 10.2. The third kappa shape index (κ3) is 4.25. The summed E-state index contributed by atoms with van der Waals surface area (Å²) < 4.78 is 0. The molecule has 0 bridgehead atoms. The molecule has 3 heteroatoms. The van der Waals surface area contributed by atoms with Gasteiger partial charge in [-0.1, -0.05) is 12.1 Å². The van der Waals surface area contributed by atoms with Crippen LogP contribution in [0.5, 0.6) is 0 Å². The normalized spacial score (nSPS) is 20.0. The Morgan fingerprint density at radius 2 is 2.29 bits per heavy atom. The first-order valence-electron chi connectivity index (χ1n) is 4.89. The lowest BCUT2D eigenvalue weighted by Crippen LogP contribution is -2.11. The molecule has 3 nitrogen and oxygen atoms in total. The molecule has 4 N–H and O–H groups in total. The van der Waals surface area contributed by atoms with Gasteiger partial charge >= 0.3 is 0 Å². The molecular weight excluding hydrogens is 176 g/mol. The molecule has 0 aliphatic carbocycles. The van der Waals surface area contributed by atoms with Crippen molar-refractivity contribution in [3.05, 3.63) is 29.8 Å². The molecule has 1 aliphatic rings. The minimum atomic E-state index is -0.0648. The standard InChI is InChI=1S/C7H9N.C4H9NO/c1-6-3-2-4-7(8)5-6;6-4-1-2-5-3-4/h2-5H,8H2,1H3;4-6H,1-3H2. The predicted octanol–water partition coefficient (Wildman–Crippen LogP) is 0.918. The van der Waals surface area contributed by atoms with Crippen molar-refractivity contribution in [2.24, 2.45) is 0 Å². The van der Waals surface area contributed by atoms with Crippen LogP contribution in [0.15, 0.2) is 24.3 Å². The first kappa shape index (κ1) is 11.0. The second-order valence-corrected chi connectivity index (χ2v) is 3.56. The number of hydrogen-bond acceptors (Lipinski definition) is 3. The molecular formula is C11H18N2O. The molecule has 0 spiro atoms. The number of benzene rings is 1. The van der Waals surface area contributed by atoms with Crippen molar-refractivity contribution in [1.29, 1.82) is 0 Å². The number of aliphatic hydroxyl groups excluding tert-OH is 1. The highest BCUT2D eigenvalue weighted by Crippen LogP contribution is 2.03. The van der Waals surface area contributed by atoms with Gasteiger partial charge in [-0.2, -0.15) is 0 Å². The Hall–Kier alpha value is -1.06. The second-order valence-electron chi connectivity index (χ2n) is 3.56. The van der Waals surface area contributed by atoms with Gasteiger partial charge in [-0.25, -0.2) is 0 Å². The maximum Gasteiger partial charge on any atom is 0.0676 e. The molecule has 0 saturated carbocycles. The first-order chi connectivity index (χ1) is 6.68. The lowest BCUT2D eigenvalue weighted by Gasteiger charge is -1.91. The molecule has 1 atom stereocenters. The Labute approximate surface area is 84.9 Å². The third-order valence-corrected chi connectivity index (χ3v) is 2.08. The lowest BCUT2D eigenvalue weighted by molar-refractivity contribution is 0.196. The van der Waals surface area contributed by atoms with E-state index in [-0.39, 0.29) is 6.10 Å². The van der Waals surface area contributed by atoms with Crippen molar-refractivity contribution in [3.63, 3.8) is 0 Å². The topological polar surface area (TPSA) is 58.3 Å². The minimum absolute atomic E-state index is 0.0648. The van der Waals surface area contributed by atoms with Crippen molar-refractivity contribution in [3.8, 4) is 0 Å². The van der Waals surface area contributed by atoms with Gasteiger partial charge < -0.3 is 16.2 Å². The van der Waals surface area contributed by atoms with E-state index in [1.165, 1.54) is 5.56 Å². The highest BCUT2D eigenvalue weighted by atomic mass is 16.3. The molecule has 1 saturated heterocycles. The Morgan fingerprint density at radius 1 is 1.50 bits per heavy atom. The largest absolute Gasteiger partial charge is 0.399 e. The summed E-state index contributed by atoms with van der Waals surface area (Å²) in [6.45, 7) is 3.80. The number of aliphatic hydroxyl groups is 1. The molecule has 1 aromatic rings. The van der Waals surface area contributed by atoms with Crippen LogP contribution in [0.2, 0.25) is 0 Å². The molecule has 2 rings (SSSR count). The smallest absolute Gasteiger partial charge is 0.0676 e. The summed E-state index contributed by atoms with van der Waals surface area (Å²) in [5.74, 6) is 0. The molecule has 1 aliphatic heterocycles. The van der Waals surface area contributed by atoms with Crippen LogP contribution >= 0.6 is 0 Å². The summed E-state index contributed by atoms with van der Waals surface area (Å²) in [5, 5.41) is 11.7. The number of anilines is 1. The minimum Gasteiger partial charge on any atom is -0.399 e. The van der Waals surface area contributed by atoms with Gasteiger partial charge in [0, 0.05) is 12.2 Å². The molecule has 14 heavy (non-hydrogen) atoms. The van der Waals surface area contributed by atoms with Crippen LogP contribution in [0.25, 0.3) is 0 Å². The predicted molar refractivity (Wildman–Crippen MR) is 59.1 cm³/mol. The van der Waals surface area contributed by atoms with Gasteiger partial charge in [-0.05, 0) is 37.6 Å². The zero-order valence-electron chi connectivity index (χ0n) is 8.53. The van der Waals surface area contributed by atoms with E-state index in [2.05, 4.69) is 5.32 Å². The number of nitrogens with one attached hydrogen (secondary N) is 1. The van der Waals surface area contributed by atoms with Gasteiger partial charge in [0.15, 0.2) is 0 Å². The quantitative estimate of drug-likeness (QED) is 0.538. The molecule has 0 radical (unpaired) electrons. The van der Waals surface area contributed by atoms with Gasteiger partial charge in [-0.3, -0.25) is 0 Å². The van der Waals surface area contributed by atoms with Crippen molar-refractivity contribution in [2.75, 3.05) is 18.8 Å². The fraction of sp³-hybridized carbons (Fsp3) is 0.455. The highest BCUT2D eigenvalue weighted by Gasteiger charge is 2.08. The third-order valence-electron chi connectivity index (χ3n) is 2.08. The SMILES string of the molecule is Cc1cccc(N)c1.OC1CCNC1. The average Bonchev–Trinajstić information content (AvgIpc) is 2.56. The van der Waals surface area contributed by atoms with Crippen LogP contribution in [-0.2, 0) is 0 Å². The fourth-order valence-corrected chi connectivity index (χ4v) is 1.31. The molecule has 0 amide bonds. The first-order valence-corrected chi connectivity index (χ1v) is 4.89. The summed E-state index contributed by atoms with van der Waals surface area (Å²) >= 11 is 0. The Morgan fingerprint density at radius 3 is 2.57 bits per heavy atom. The van der Waals surface area contributed by atoms with Crippen LogP contribution in [0, 0.1) is 6.92 Å². The number of β-amino-alcohol motifs (C(OH)–C–C–N with tert-alkyl or cyclic N) is 1. The summed E-state index contributed by atoms with van der Waals surface area (Å²) in [5.41, 5.74) is 7.51. The van der Waals surface area contributed by atoms with Crippen molar-refractivity contribution >= 4 is 5.69 Å². The summed E-state index contributed by atoms with van der Waals surface area (Å²) in [4.78, 5) is 0. The summed E-state index contributed by atoms with van der Waals surface area (Å²) in [6.07, 6.45) is 0.866.